The normalized spacial score (nSPS) is 14.8. The molecule has 1 atom stereocenters. The molecule has 0 fully saturated rings. The maximum Gasteiger partial charge on any atom is 0.412 e. The van der Waals surface area contributed by atoms with Crippen LogP contribution in [0.4, 0.5) is 10.5 Å². The van der Waals surface area contributed by atoms with Gasteiger partial charge in [-0.05, 0) is 65.6 Å². The second kappa shape index (κ2) is 9.30. The van der Waals surface area contributed by atoms with Gasteiger partial charge in [0.05, 0.1) is 5.69 Å². The van der Waals surface area contributed by atoms with E-state index in [1.54, 1.807) is 0 Å². The molecule has 1 unspecified atom stereocenters. The Labute approximate surface area is 196 Å². The van der Waals surface area contributed by atoms with Crippen molar-refractivity contribution in [2.75, 3.05) is 5.32 Å². The Balaban J connectivity index is 1.73. The minimum absolute atomic E-state index is 0.275. The van der Waals surface area contributed by atoms with E-state index in [1.807, 2.05) is 30.3 Å². The summed E-state index contributed by atoms with van der Waals surface area (Å²) in [4.78, 5) is 13.3. The highest BCUT2D eigenvalue weighted by Gasteiger charge is 2.29. The highest BCUT2D eigenvalue weighted by molar-refractivity contribution is 5.87. The second-order valence-corrected chi connectivity index (χ2v) is 9.49. The number of carbonyl (C=O) groups is 1. The van der Waals surface area contributed by atoms with Gasteiger partial charge < -0.3 is 9.47 Å². The summed E-state index contributed by atoms with van der Waals surface area (Å²) in [7, 11) is 0. The molecular weight excluding hydrogens is 410 g/mol. The summed E-state index contributed by atoms with van der Waals surface area (Å²) in [5, 5.41) is 3.10. The maximum absolute atomic E-state index is 13.3. The molecule has 0 spiro atoms. The van der Waals surface area contributed by atoms with Crippen molar-refractivity contribution < 1.29 is 14.3 Å². The SMILES string of the molecule is Cc1cc2c(cc1C)C(OC(=O)Nc1c(C(C)C)cccc1C(C)C)c1ccccc1CO2. The summed E-state index contributed by atoms with van der Waals surface area (Å²) >= 11 is 0. The molecule has 33 heavy (non-hydrogen) atoms. The third-order valence-electron chi connectivity index (χ3n) is 6.45. The maximum atomic E-state index is 13.3. The van der Waals surface area contributed by atoms with E-state index in [4.69, 9.17) is 9.47 Å². The smallest absolute Gasteiger partial charge is 0.412 e. The zero-order valence-corrected chi connectivity index (χ0v) is 20.4. The summed E-state index contributed by atoms with van der Waals surface area (Å²) in [6.45, 7) is 13.1. The van der Waals surface area contributed by atoms with Crippen LogP contribution in [0.2, 0.25) is 0 Å². The van der Waals surface area contributed by atoms with E-state index in [2.05, 4.69) is 71.1 Å². The molecule has 0 aliphatic carbocycles. The first-order valence-electron chi connectivity index (χ1n) is 11.7. The number of fused-ring (bicyclic) bond motifs is 2. The number of nitrogens with one attached hydrogen (secondary N) is 1. The van der Waals surface area contributed by atoms with Crippen molar-refractivity contribution in [3.8, 4) is 5.75 Å². The van der Waals surface area contributed by atoms with E-state index < -0.39 is 12.2 Å². The van der Waals surface area contributed by atoms with E-state index in [9.17, 15) is 4.79 Å². The Morgan fingerprint density at radius 2 is 1.55 bits per heavy atom. The van der Waals surface area contributed by atoms with Crippen LogP contribution in [0.3, 0.4) is 0 Å². The summed E-state index contributed by atoms with van der Waals surface area (Å²) in [6.07, 6.45) is -1.01. The lowest BCUT2D eigenvalue weighted by Crippen LogP contribution is -2.21. The fraction of sp³-hybridized carbons (Fsp3) is 0.345. The third-order valence-corrected chi connectivity index (χ3v) is 6.45. The molecule has 4 nitrogen and oxygen atoms in total. The number of anilines is 1. The van der Waals surface area contributed by atoms with Crippen molar-refractivity contribution in [2.24, 2.45) is 0 Å². The standard InChI is InChI=1S/C29H33NO3/c1-17(2)22-12-9-13-23(18(3)4)27(22)30-29(31)33-28-24-11-8-7-10-21(24)16-32-26-15-20(6)19(5)14-25(26)28/h7-15,17-18,28H,16H2,1-6H3,(H,30,31). The van der Waals surface area contributed by atoms with Crippen LogP contribution >= 0.6 is 0 Å². The number of ether oxygens (including phenoxy) is 2. The van der Waals surface area contributed by atoms with Crippen molar-refractivity contribution >= 4 is 11.8 Å². The summed E-state index contributed by atoms with van der Waals surface area (Å²) in [6, 6.07) is 18.3. The average Bonchev–Trinajstić information content (AvgIpc) is 2.91. The van der Waals surface area contributed by atoms with Gasteiger partial charge in [-0.3, -0.25) is 5.32 Å². The number of rotatable bonds is 4. The zero-order valence-electron chi connectivity index (χ0n) is 20.4. The van der Waals surface area contributed by atoms with Crippen molar-refractivity contribution in [3.63, 3.8) is 0 Å². The molecule has 0 radical (unpaired) electrons. The van der Waals surface area contributed by atoms with Crippen LogP contribution in [0.25, 0.3) is 0 Å². The van der Waals surface area contributed by atoms with Gasteiger partial charge in [0.25, 0.3) is 0 Å². The van der Waals surface area contributed by atoms with E-state index >= 15 is 0 Å². The molecule has 1 N–H and O–H groups in total. The predicted molar refractivity (Wildman–Crippen MR) is 133 cm³/mol. The number of hydrogen-bond acceptors (Lipinski definition) is 3. The predicted octanol–water partition coefficient (Wildman–Crippen LogP) is 7.78. The molecule has 172 valence electrons. The zero-order chi connectivity index (χ0) is 23.7. The number of hydrogen-bond donors (Lipinski definition) is 1. The van der Waals surface area contributed by atoms with Crippen LogP contribution in [-0.4, -0.2) is 6.09 Å². The molecule has 0 saturated carbocycles. The van der Waals surface area contributed by atoms with Crippen molar-refractivity contribution in [1.29, 1.82) is 0 Å². The van der Waals surface area contributed by atoms with Crippen LogP contribution in [-0.2, 0) is 11.3 Å². The van der Waals surface area contributed by atoms with E-state index in [0.717, 1.165) is 50.4 Å². The second-order valence-electron chi connectivity index (χ2n) is 9.49. The fourth-order valence-corrected chi connectivity index (χ4v) is 4.45. The molecule has 3 aromatic rings. The number of para-hydroxylation sites is 1. The number of aryl methyl sites for hydroxylation is 2. The fourth-order valence-electron chi connectivity index (χ4n) is 4.45. The molecule has 0 saturated heterocycles. The molecule has 3 aromatic carbocycles. The molecule has 1 aliphatic rings. The minimum Gasteiger partial charge on any atom is -0.488 e. The van der Waals surface area contributed by atoms with Crippen LogP contribution in [0.5, 0.6) is 5.75 Å². The first kappa shape index (κ1) is 22.9. The molecule has 1 amide bonds. The topological polar surface area (TPSA) is 47.6 Å². The lowest BCUT2D eigenvalue weighted by Gasteiger charge is -2.23. The summed E-state index contributed by atoms with van der Waals surface area (Å²) in [5.74, 6) is 1.31. The minimum atomic E-state index is -0.549. The number of carbonyl (C=O) groups excluding carboxylic acids is 1. The average molecular weight is 444 g/mol. The van der Waals surface area contributed by atoms with Crippen molar-refractivity contribution in [2.45, 2.75) is 66.1 Å². The third kappa shape index (κ3) is 4.61. The molecule has 0 bridgehead atoms. The van der Waals surface area contributed by atoms with Gasteiger partial charge in [-0.25, -0.2) is 4.79 Å². The molecule has 1 heterocycles. The highest BCUT2D eigenvalue weighted by atomic mass is 16.6. The Bertz CT molecular complexity index is 1150. The van der Waals surface area contributed by atoms with Crippen molar-refractivity contribution in [1.82, 2.24) is 0 Å². The van der Waals surface area contributed by atoms with Crippen LogP contribution in [0.1, 0.15) is 84.6 Å². The summed E-state index contributed by atoms with van der Waals surface area (Å²) < 4.78 is 12.3. The van der Waals surface area contributed by atoms with Crippen LogP contribution in [0.15, 0.2) is 54.6 Å². The Morgan fingerprint density at radius 1 is 0.909 bits per heavy atom. The van der Waals surface area contributed by atoms with Gasteiger partial charge in [0, 0.05) is 11.1 Å². The number of amides is 1. The monoisotopic (exact) mass is 443 g/mol. The van der Waals surface area contributed by atoms with Gasteiger partial charge in [-0.15, -0.1) is 0 Å². The Hall–Kier alpha value is -3.27. The quantitative estimate of drug-likeness (QED) is 0.448. The summed E-state index contributed by atoms with van der Waals surface area (Å²) in [5.41, 5.74) is 8.20. The van der Waals surface area contributed by atoms with Gasteiger partial charge >= 0.3 is 6.09 Å². The van der Waals surface area contributed by atoms with Gasteiger partial charge in [0.15, 0.2) is 6.10 Å². The van der Waals surface area contributed by atoms with Crippen LogP contribution in [0, 0.1) is 13.8 Å². The van der Waals surface area contributed by atoms with E-state index in [-0.39, 0.29) is 11.8 Å². The van der Waals surface area contributed by atoms with Crippen LogP contribution < -0.4 is 10.1 Å². The lowest BCUT2D eigenvalue weighted by atomic mass is 9.93. The first-order valence-corrected chi connectivity index (χ1v) is 11.7. The molecule has 1 aliphatic heterocycles. The Kier molecular flexibility index (Phi) is 6.46. The molecule has 0 aromatic heterocycles. The van der Waals surface area contributed by atoms with E-state index in [1.165, 1.54) is 0 Å². The number of benzene rings is 3. The van der Waals surface area contributed by atoms with Gasteiger partial charge in [0.1, 0.15) is 12.4 Å². The molecular formula is C29H33NO3. The van der Waals surface area contributed by atoms with Gasteiger partial charge in [0.2, 0.25) is 0 Å². The van der Waals surface area contributed by atoms with Gasteiger partial charge in [-0.1, -0.05) is 70.2 Å². The van der Waals surface area contributed by atoms with E-state index in [0.29, 0.717) is 6.61 Å². The highest BCUT2D eigenvalue weighted by Crippen LogP contribution is 2.40. The largest absolute Gasteiger partial charge is 0.488 e. The molecule has 4 rings (SSSR count). The molecule has 4 heteroatoms. The lowest BCUT2D eigenvalue weighted by molar-refractivity contribution is 0.130. The Morgan fingerprint density at radius 3 is 2.21 bits per heavy atom. The van der Waals surface area contributed by atoms with Gasteiger partial charge in [-0.2, -0.15) is 0 Å². The van der Waals surface area contributed by atoms with Crippen molar-refractivity contribution in [3.05, 3.63) is 93.5 Å². The first-order chi connectivity index (χ1) is 15.8.